The fraction of sp³-hybridized carbons (Fsp3) is 0.460. The second-order valence-corrected chi connectivity index (χ2v) is 24.9. The average Bonchev–Trinajstić information content (AvgIpc) is 0.676. The predicted octanol–water partition coefficient (Wildman–Crippen LogP) is 7.92. The second-order valence-electron chi connectivity index (χ2n) is 23.7. The van der Waals surface area contributed by atoms with E-state index in [1.807, 2.05) is 0 Å². The van der Waals surface area contributed by atoms with Crippen molar-refractivity contribution in [3.05, 3.63) is 148 Å². The van der Waals surface area contributed by atoms with Gasteiger partial charge in [0.25, 0.3) is 5.91 Å². The van der Waals surface area contributed by atoms with Crippen LogP contribution in [-0.4, -0.2) is 124 Å². The highest BCUT2D eigenvalue weighted by atomic mass is 31.2. The van der Waals surface area contributed by atoms with Crippen LogP contribution in [0.2, 0.25) is 0 Å². The molecule has 1 saturated heterocycles. The number of ketones is 1. The molecule has 86 heavy (non-hydrogen) atoms. The van der Waals surface area contributed by atoms with Crippen LogP contribution in [0.4, 0.5) is 4.79 Å². The number of hydrogen-bond donors (Lipinski definition) is 4. The molecular weight excluding hydrogens is 1140 g/mol. The van der Waals surface area contributed by atoms with E-state index < -0.39 is 151 Å². The van der Waals surface area contributed by atoms with E-state index in [1.165, 1.54) is 65.0 Å². The number of amides is 1. The smallest absolute Gasteiger partial charge is 0.461 e. The normalized spacial score (nSPS) is 26.4. The maximum atomic E-state index is 16.7. The first-order valence-electron chi connectivity index (χ1n) is 28.0. The summed E-state index contributed by atoms with van der Waals surface area (Å²) in [5, 5.41) is 17.2. The SMILES string of the molecule is CCOC(=O)O[C@@H](C(=O)O[C@H]1C[C@@]2(O)[C@@H](OC(=O)c3ccccc3)[C@@H]3[C@]4(OC(C)=O)CO[C@@H]4C[C@H](OC(=O)CC(C)(C)c4c(C)cc(C)cc4OP(=O)(O)O)[C@@]3(C)C(=O)[C@H](OC(C)=O)C(=C1C)C2(C)C)[C@@H](NC(=O)c1ccccc1)c1ccccc1. The van der Waals surface area contributed by atoms with E-state index in [9.17, 15) is 48.2 Å². The highest BCUT2D eigenvalue weighted by molar-refractivity contribution is 7.46. The predicted molar refractivity (Wildman–Crippen MR) is 304 cm³/mol. The summed E-state index contributed by atoms with van der Waals surface area (Å²) in [7, 11) is -5.14. The number of phosphoric ester groups is 1. The number of aryl methyl sites for hydroxylation is 2. The molecule has 0 aromatic heterocycles. The molecule has 1 amide bonds. The molecule has 4 aliphatic rings. The average molecular weight is 1210 g/mol. The lowest BCUT2D eigenvalue weighted by Gasteiger charge is -2.67. The largest absolute Gasteiger partial charge is 0.524 e. The van der Waals surface area contributed by atoms with Gasteiger partial charge in [-0.2, -0.15) is 0 Å². The Hall–Kier alpha value is -7.75. The van der Waals surface area contributed by atoms with Crippen LogP contribution in [0.3, 0.4) is 0 Å². The van der Waals surface area contributed by atoms with Crippen LogP contribution in [0.25, 0.3) is 0 Å². The summed E-state index contributed by atoms with van der Waals surface area (Å²) in [6.07, 6.45) is -13.7. The van der Waals surface area contributed by atoms with E-state index in [2.05, 4.69) is 5.32 Å². The van der Waals surface area contributed by atoms with Gasteiger partial charge in [-0.3, -0.25) is 33.8 Å². The standard InChI is InChI=1S/C63H72NO21P/c1-12-77-58(72)82-51(49(39-22-16-13-17-23-39)64-55(69)40-24-18-14-19-25-40)57(71)80-43-31-63(73)54(83-56(70)41-26-20-15-21-27-41)52-61(11,53(68)50(79-37(5)65)48(36(43)4)60(63,9)10)44(30-45-62(52,33-78-45)84-38(6)66)81-46(67)32-59(7,8)47-35(3)28-34(2)29-42(47)85-86(74,75)76/h13-29,43-45,49-52,54,73H,12,30-33H2,1-11H3,(H,64,69)(H2,74,75,76)/t43-,44-,45+,49-,50+,51+,52-,54-,61+,62-,63+/m0/s1. The van der Waals surface area contributed by atoms with Gasteiger partial charge in [-0.25, -0.2) is 18.9 Å². The number of benzene rings is 4. The molecule has 0 unspecified atom stereocenters. The molecular formula is C63H72NO21P. The summed E-state index contributed by atoms with van der Waals surface area (Å²) in [4.78, 5) is 136. The summed E-state index contributed by atoms with van der Waals surface area (Å²) in [5.74, 6) is -8.89. The summed E-state index contributed by atoms with van der Waals surface area (Å²) >= 11 is 0. The Morgan fingerprint density at radius 3 is 1.98 bits per heavy atom. The van der Waals surface area contributed by atoms with Crippen LogP contribution < -0.4 is 9.84 Å². The van der Waals surface area contributed by atoms with Crippen molar-refractivity contribution in [2.75, 3.05) is 13.2 Å². The first kappa shape index (κ1) is 64.3. The first-order valence-corrected chi connectivity index (χ1v) is 29.6. The van der Waals surface area contributed by atoms with Gasteiger partial charge in [-0.1, -0.05) is 100 Å². The number of ether oxygens (including phenoxy) is 8. The lowest BCUT2D eigenvalue weighted by molar-refractivity contribution is -0.346. The molecule has 22 nitrogen and oxygen atoms in total. The third-order valence-corrected chi connectivity index (χ3v) is 17.5. The second kappa shape index (κ2) is 24.6. The molecule has 23 heteroatoms. The number of carbonyl (C=O) groups excluding carboxylic acids is 8. The molecule has 4 aromatic carbocycles. The minimum absolute atomic E-state index is 0.0339. The van der Waals surface area contributed by atoms with Gasteiger partial charge in [-0.15, -0.1) is 0 Å². The number of phosphoric acid groups is 1. The van der Waals surface area contributed by atoms with Crippen LogP contribution >= 0.6 is 7.82 Å². The Bertz CT molecular complexity index is 3380. The fourth-order valence-corrected chi connectivity index (χ4v) is 13.7. The highest BCUT2D eigenvalue weighted by Crippen LogP contribution is 2.65. The molecule has 2 saturated carbocycles. The molecule has 2 bridgehead atoms. The van der Waals surface area contributed by atoms with Gasteiger partial charge in [0, 0.05) is 48.6 Å². The molecule has 1 heterocycles. The maximum absolute atomic E-state index is 16.7. The highest BCUT2D eigenvalue weighted by Gasteiger charge is 2.79. The number of carbonyl (C=O) groups is 8. The Balaban J connectivity index is 1.32. The third kappa shape index (κ3) is 12.4. The van der Waals surface area contributed by atoms with Gasteiger partial charge in [0.1, 0.15) is 41.8 Å². The molecule has 4 N–H and O–H groups in total. The number of fused-ring (bicyclic) bond motifs is 5. The molecule has 4 aromatic rings. The van der Waals surface area contributed by atoms with Crippen molar-refractivity contribution in [1.29, 1.82) is 0 Å². The molecule has 0 spiro atoms. The number of aliphatic hydroxyl groups is 1. The zero-order valence-electron chi connectivity index (χ0n) is 49.6. The van der Waals surface area contributed by atoms with Crippen molar-refractivity contribution in [3.63, 3.8) is 0 Å². The van der Waals surface area contributed by atoms with Crippen LogP contribution in [0, 0.1) is 30.6 Å². The zero-order chi connectivity index (χ0) is 63.1. The lowest BCUT2D eigenvalue weighted by Crippen LogP contribution is -2.82. The third-order valence-electron chi connectivity index (χ3n) is 17.1. The van der Waals surface area contributed by atoms with E-state index in [1.54, 1.807) is 100 Å². The molecule has 8 rings (SSSR count). The van der Waals surface area contributed by atoms with E-state index in [4.69, 9.17) is 42.4 Å². The van der Waals surface area contributed by atoms with Gasteiger partial charge < -0.3 is 52.8 Å². The topological polar surface area (TPSA) is 309 Å². The Kier molecular flexibility index (Phi) is 18.3. The maximum Gasteiger partial charge on any atom is 0.524 e. The zero-order valence-corrected chi connectivity index (χ0v) is 50.5. The van der Waals surface area contributed by atoms with Crippen molar-refractivity contribution in [2.24, 2.45) is 16.7 Å². The van der Waals surface area contributed by atoms with E-state index in [0.29, 0.717) is 11.1 Å². The van der Waals surface area contributed by atoms with E-state index in [-0.39, 0.29) is 52.2 Å². The molecule has 0 radical (unpaired) electrons. The van der Waals surface area contributed by atoms with Crippen molar-refractivity contribution < 1.29 is 100 Å². The van der Waals surface area contributed by atoms with Gasteiger partial charge >= 0.3 is 43.8 Å². The van der Waals surface area contributed by atoms with E-state index in [0.717, 1.165) is 13.8 Å². The first-order chi connectivity index (χ1) is 40.3. The van der Waals surface area contributed by atoms with Gasteiger partial charge in [0.2, 0.25) is 6.10 Å². The van der Waals surface area contributed by atoms with Gasteiger partial charge in [0.15, 0.2) is 17.5 Å². The van der Waals surface area contributed by atoms with Gasteiger partial charge in [-0.05, 0) is 92.8 Å². The number of esters is 5. The van der Waals surface area contributed by atoms with Gasteiger partial charge in [0.05, 0.1) is 36.5 Å². The minimum Gasteiger partial charge on any atom is -0.461 e. The number of hydrogen-bond acceptors (Lipinski definition) is 19. The Labute approximate surface area is 497 Å². The van der Waals surface area contributed by atoms with Crippen LogP contribution in [0.15, 0.2) is 114 Å². The monoisotopic (exact) mass is 1210 g/mol. The number of rotatable bonds is 18. The molecule has 3 fully saturated rings. The fourth-order valence-electron chi connectivity index (χ4n) is 13.3. The van der Waals surface area contributed by atoms with E-state index >= 15 is 9.59 Å². The Morgan fingerprint density at radius 2 is 1.42 bits per heavy atom. The summed E-state index contributed by atoms with van der Waals surface area (Å²) < 4.78 is 66.4. The summed E-state index contributed by atoms with van der Waals surface area (Å²) in [5.41, 5.74) is -8.48. The summed E-state index contributed by atoms with van der Waals surface area (Å²) in [6.45, 7) is 15.4. The molecule has 3 aliphatic carbocycles. The van der Waals surface area contributed by atoms with Crippen LogP contribution in [-0.2, 0) is 71.8 Å². The van der Waals surface area contributed by atoms with Crippen molar-refractivity contribution in [3.8, 4) is 5.75 Å². The minimum atomic E-state index is -5.14. The number of Topliss-reactive ketones (excluding diaryl/α,β-unsaturated/α-hetero) is 1. The Morgan fingerprint density at radius 1 is 0.814 bits per heavy atom. The number of nitrogens with one attached hydrogen (secondary N) is 1. The molecule has 11 atom stereocenters. The summed E-state index contributed by atoms with van der Waals surface area (Å²) in [6, 6.07) is 25.3. The quantitative estimate of drug-likeness (QED) is 0.0318. The molecule has 460 valence electrons. The van der Waals surface area contributed by atoms with Crippen molar-refractivity contribution in [1.82, 2.24) is 5.32 Å². The van der Waals surface area contributed by atoms with Crippen molar-refractivity contribution in [2.45, 2.75) is 155 Å². The van der Waals surface area contributed by atoms with Crippen LogP contribution in [0.5, 0.6) is 5.75 Å². The van der Waals surface area contributed by atoms with Crippen molar-refractivity contribution >= 4 is 55.5 Å². The lowest BCUT2D eigenvalue weighted by atomic mass is 9.44. The molecule has 1 aliphatic heterocycles. The van der Waals surface area contributed by atoms with Crippen LogP contribution in [0.1, 0.15) is 131 Å².